The smallest absolute Gasteiger partial charge is 0.256 e. The maximum absolute atomic E-state index is 12.7. The van der Waals surface area contributed by atoms with Crippen LogP contribution in [0.3, 0.4) is 0 Å². The molecule has 1 amide bonds. The number of piperidine rings is 1. The Kier molecular flexibility index (Phi) is 5.85. The largest absolute Gasteiger partial charge is 0.358 e. The van der Waals surface area contributed by atoms with Gasteiger partial charge in [-0.2, -0.15) is 0 Å². The Morgan fingerprint density at radius 1 is 1.10 bits per heavy atom. The second kappa shape index (κ2) is 8.90. The van der Waals surface area contributed by atoms with Crippen molar-refractivity contribution in [3.05, 3.63) is 53.3 Å². The average Bonchev–Trinajstić information content (AvgIpc) is 3.54. The van der Waals surface area contributed by atoms with Gasteiger partial charge in [0.2, 0.25) is 0 Å². The molecular weight excluding hydrogens is 458 g/mol. The number of rotatable bonds is 6. The van der Waals surface area contributed by atoms with Crippen LogP contribution in [0.5, 0.6) is 0 Å². The molecule has 0 bridgehead atoms. The van der Waals surface area contributed by atoms with Crippen LogP contribution in [0.25, 0.3) is 10.9 Å². The number of nitrogens with zero attached hydrogens (tertiary/aromatic N) is 3. The lowest BCUT2D eigenvalue weighted by atomic mass is 10.1. The highest BCUT2D eigenvalue weighted by Crippen LogP contribution is 2.29. The van der Waals surface area contributed by atoms with Crippen LogP contribution in [0.15, 0.2) is 53.3 Å². The van der Waals surface area contributed by atoms with Crippen LogP contribution in [0.4, 0.5) is 17.2 Å². The van der Waals surface area contributed by atoms with Crippen molar-refractivity contribution < 1.29 is 9.53 Å². The third-order valence-electron chi connectivity index (χ3n) is 5.72. The number of nitrogens with one attached hydrogen (secondary N) is 2. The SMILES string of the molecule is O=C(Nc1ccc2ncnc(Nc3cccc(Br)c3)c2c1)[C@@H]1OC1CN1CCCCC1. The predicted octanol–water partition coefficient (Wildman–Crippen LogP) is 4.33. The summed E-state index contributed by atoms with van der Waals surface area (Å²) in [6, 6.07) is 13.5. The molecule has 2 aliphatic rings. The molecule has 7 nitrogen and oxygen atoms in total. The Morgan fingerprint density at radius 3 is 2.81 bits per heavy atom. The maximum Gasteiger partial charge on any atom is 0.256 e. The number of aromatic nitrogens is 2. The van der Waals surface area contributed by atoms with Crippen molar-refractivity contribution in [2.24, 2.45) is 0 Å². The standard InChI is InChI=1S/C23H24BrN5O2/c24-15-5-4-6-16(11-15)27-22-18-12-17(7-8-19(18)25-14-26-22)28-23(30)21-20(31-21)13-29-9-2-1-3-10-29/h4-8,11-12,14,20-21H,1-3,9-10,13H2,(H,28,30)(H,25,26,27)/t20?,21-/m1/s1. The Labute approximate surface area is 189 Å². The fraction of sp³-hybridized carbons (Fsp3) is 0.348. The maximum atomic E-state index is 12.7. The molecule has 2 N–H and O–H groups in total. The van der Waals surface area contributed by atoms with Crippen molar-refractivity contribution in [1.82, 2.24) is 14.9 Å². The summed E-state index contributed by atoms with van der Waals surface area (Å²) in [7, 11) is 0. The van der Waals surface area contributed by atoms with Crippen molar-refractivity contribution in [2.75, 3.05) is 30.3 Å². The second-order valence-electron chi connectivity index (χ2n) is 8.04. The fourth-order valence-corrected chi connectivity index (χ4v) is 4.46. The van der Waals surface area contributed by atoms with Crippen molar-refractivity contribution in [3.8, 4) is 0 Å². The van der Waals surface area contributed by atoms with E-state index >= 15 is 0 Å². The quantitative estimate of drug-likeness (QED) is 0.509. The number of anilines is 3. The highest BCUT2D eigenvalue weighted by atomic mass is 79.9. The zero-order valence-electron chi connectivity index (χ0n) is 17.1. The molecule has 0 radical (unpaired) electrons. The van der Waals surface area contributed by atoms with E-state index in [9.17, 15) is 4.79 Å². The lowest BCUT2D eigenvalue weighted by molar-refractivity contribution is -0.117. The molecule has 160 valence electrons. The van der Waals surface area contributed by atoms with Crippen LogP contribution >= 0.6 is 15.9 Å². The number of carbonyl (C=O) groups excluding carboxylic acids is 1. The van der Waals surface area contributed by atoms with Crippen LogP contribution < -0.4 is 10.6 Å². The molecule has 2 atom stereocenters. The lowest BCUT2D eigenvalue weighted by Crippen LogP contribution is -2.34. The van der Waals surface area contributed by atoms with Gasteiger partial charge in [-0.15, -0.1) is 0 Å². The highest BCUT2D eigenvalue weighted by molar-refractivity contribution is 9.10. The summed E-state index contributed by atoms with van der Waals surface area (Å²) in [4.78, 5) is 23.8. The number of benzene rings is 2. The van der Waals surface area contributed by atoms with Crippen LogP contribution in [-0.2, 0) is 9.53 Å². The van der Waals surface area contributed by atoms with E-state index in [4.69, 9.17) is 4.74 Å². The summed E-state index contributed by atoms with van der Waals surface area (Å²) in [5, 5.41) is 7.16. The molecule has 2 saturated heterocycles. The zero-order valence-corrected chi connectivity index (χ0v) is 18.6. The fourth-order valence-electron chi connectivity index (χ4n) is 4.06. The molecule has 3 aromatic rings. The second-order valence-corrected chi connectivity index (χ2v) is 8.95. The molecule has 2 aromatic carbocycles. The molecule has 8 heteroatoms. The number of likely N-dealkylation sites (tertiary alicyclic amines) is 1. The van der Waals surface area contributed by atoms with Crippen molar-refractivity contribution >= 4 is 49.9 Å². The molecule has 3 heterocycles. The Morgan fingerprint density at radius 2 is 1.97 bits per heavy atom. The minimum Gasteiger partial charge on any atom is -0.358 e. The zero-order chi connectivity index (χ0) is 21.2. The summed E-state index contributed by atoms with van der Waals surface area (Å²) >= 11 is 3.48. The van der Waals surface area contributed by atoms with E-state index in [0.717, 1.165) is 40.7 Å². The third kappa shape index (κ3) is 4.87. The van der Waals surface area contributed by atoms with Gasteiger partial charge >= 0.3 is 0 Å². The number of halogens is 1. The monoisotopic (exact) mass is 481 g/mol. The average molecular weight is 482 g/mol. The minimum atomic E-state index is -0.371. The van der Waals surface area contributed by atoms with E-state index in [0.29, 0.717) is 11.5 Å². The Balaban J connectivity index is 1.28. The summed E-state index contributed by atoms with van der Waals surface area (Å²) in [5.74, 6) is 0.588. The first-order valence-corrected chi connectivity index (χ1v) is 11.4. The van der Waals surface area contributed by atoms with E-state index < -0.39 is 0 Å². The summed E-state index contributed by atoms with van der Waals surface area (Å²) < 4.78 is 6.64. The number of ether oxygens (including phenoxy) is 1. The summed E-state index contributed by atoms with van der Waals surface area (Å²) in [5.41, 5.74) is 2.42. The van der Waals surface area contributed by atoms with Crippen molar-refractivity contribution in [3.63, 3.8) is 0 Å². The molecule has 1 aromatic heterocycles. The van der Waals surface area contributed by atoms with Crippen LogP contribution in [0, 0.1) is 0 Å². The first kappa shape index (κ1) is 20.4. The van der Waals surface area contributed by atoms with Gasteiger partial charge in [-0.1, -0.05) is 28.4 Å². The number of carbonyl (C=O) groups is 1. The number of hydrogen-bond acceptors (Lipinski definition) is 6. The predicted molar refractivity (Wildman–Crippen MR) is 125 cm³/mol. The molecule has 0 saturated carbocycles. The van der Waals surface area contributed by atoms with Gasteiger partial charge in [0.1, 0.15) is 18.2 Å². The van der Waals surface area contributed by atoms with Gasteiger partial charge in [-0.3, -0.25) is 4.79 Å². The molecule has 5 rings (SSSR count). The summed E-state index contributed by atoms with van der Waals surface area (Å²) in [6.45, 7) is 3.05. The van der Waals surface area contributed by atoms with E-state index in [1.54, 1.807) is 0 Å². The van der Waals surface area contributed by atoms with Gasteiger partial charge in [0, 0.05) is 27.8 Å². The normalized spacial score (nSPS) is 21.1. The Bertz CT molecular complexity index is 1100. The number of amides is 1. The molecular formula is C23H24BrN5O2. The molecule has 1 unspecified atom stereocenters. The first-order chi connectivity index (χ1) is 15.2. The van der Waals surface area contributed by atoms with Gasteiger partial charge in [0.25, 0.3) is 5.91 Å². The topological polar surface area (TPSA) is 82.7 Å². The van der Waals surface area contributed by atoms with Crippen LogP contribution in [-0.4, -0.2) is 52.6 Å². The van der Waals surface area contributed by atoms with Gasteiger partial charge in [0.05, 0.1) is 5.52 Å². The number of hydrogen-bond donors (Lipinski definition) is 2. The van der Waals surface area contributed by atoms with Crippen molar-refractivity contribution in [2.45, 2.75) is 31.5 Å². The van der Waals surface area contributed by atoms with E-state index in [1.165, 1.54) is 25.6 Å². The van der Waals surface area contributed by atoms with Gasteiger partial charge in [-0.25, -0.2) is 9.97 Å². The summed E-state index contributed by atoms with van der Waals surface area (Å²) in [6.07, 6.45) is 4.93. The van der Waals surface area contributed by atoms with Gasteiger partial charge in [-0.05, 0) is 62.3 Å². The van der Waals surface area contributed by atoms with Gasteiger partial charge < -0.3 is 20.3 Å². The van der Waals surface area contributed by atoms with E-state index in [-0.39, 0.29) is 18.1 Å². The van der Waals surface area contributed by atoms with Crippen LogP contribution in [0.1, 0.15) is 19.3 Å². The molecule has 2 aliphatic heterocycles. The van der Waals surface area contributed by atoms with Crippen molar-refractivity contribution in [1.29, 1.82) is 0 Å². The first-order valence-electron chi connectivity index (χ1n) is 10.6. The Hall–Kier alpha value is -2.55. The minimum absolute atomic E-state index is 0.00403. The molecule has 0 aliphatic carbocycles. The van der Waals surface area contributed by atoms with E-state index in [2.05, 4.69) is 41.4 Å². The number of epoxide rings is 1. The molecule has 0 spiro atoms. The number of fused-ring (bicyclic) bond motifs is 1. The third-order valence-corrected chi connectivity index (χ3v) is 6.21. The lowest BCUT2D eigenvalue weighted by Gasteiger charge is -2.25. The molecule has 2 fully saturated rings. The van der Waals surface area contributed by atoms with Gasteiger partial charge in [0.15, 0.2) is 6.10 Å². The molecule has 31 heavy (non-hydrogen) atoms. The van der Waals surface area contributed by atoms with E-state index in [1.807, 2.05) is 42.5 Å². The van der Waals surface area contributed by atoms with Crippen LogP contribution in [0.2, 0.25) is 0 Å². The highest BCUT2D eigenvalue weighted by Gasteiger charge is 2.45.